The number of nitrogens with one attached hydrogen (secondary N) is 2. The molecule has 2 fully saturated rings. The second-order valence-electron chi connectivity index (χ2n) is 8.74. The van der Waals surface area contributed by atoms with Crippen LogP contribution in [-0.2, 0) is 18.3 Å². The summed E-state index contributed by atoms with van der Waals surface area (Å²) in [7, 11) is 1.95. The molecule has 28 heavy (non-hydrogen) atoms. The Bertz CT molecular complexity index is 710. The first-order chi connectivity index (χ1) is 13.2. The summed E-state index contributed by atoms with van der Waals surface area (Å²) in [5.41, 5.74) is -0.472. The van der Waals surface area contributed by atoms with Crippen molar-refractivity contribution in [1.29, 1.82) is 0 Å². The van der Waals surface area contributed by atoms with Gasteiger partial charge >= 0.3 is 6.09 Å². The van der Waals surface area contributed by atoms with Crippen LogP contribution < -0.4 is 10.6 Å². The van der Waals surface area contributed by atoms with E-state index in [0.717, 1.165) is 17.6 Å². The van der Waals surface area contributed by atoms with Crippen molar-refractivity contribution in [2.24, 2.45) is 12.0 Å². The molecule has 0 radical (unpaired) electrons. The predicted octanol–water partition coefficient (Wildman–Crippen LogP) is 1.72. The molecule has 1 saturated carbocycles. The Labute approximate surface area is 166 Å². The molecule has 0 aromatic carbocycles. The van der Waals surface area contributed by atoms with Crippen molar-refractivity contribution in [1.82, 2.24) is 30.3 Å². The minimum Gasteiger partial charge on any atom is -0.444 e. The lowest BCUT2D eigenvalue weighted by Crippen LogP contribution is -2.63. The molecule has 0 bridgehead atoms. The normalized spacial score (nSPS) is 18.9. The lowest BCUT2D eigenvalue weighted by atomic mass is 10.1. The third kappa shape index (κ3) is 5.36. The zero-order valence-electron chi connectivity index (χ0n) is 17.7. The summed E-state index contributed by atoms with van der Waals surface area (Å²) in [4.78, 5) is 18.5. The van der Waals surface area contributed by atoms with Gasteiger partial charge < -0.3 is 24.8 Å². The number of nitrogens with zero attached hydrogens (tertiary/aromatic N) is 5. The minimum atomic E-state index is -0.472. The van der Waals surface area contributed by atoms with Crippen LogP contribution in [0.1, 0.15) is 58.1 Å². The van der Waals surface area contributed by atoms with E-state index in [4.69, 9.17) is 9.73 Å². The molecule has 9 heteroatoms. The smallest absolute Gasteiger partial charge is 0.410 e. The third-order valence-corrected chi connectivity index (χ3v) is 5.13. The first-order valence-electron chi connectivity index (χ1n) is 10.1. The van der Waals surface area contributed by atoms with Crippen molar-refractivity contribution >= 4 is 12.1 Å². The van der Waals surface area contributed by atoms with Gasteiger partial charge in [0.05, 0.1) is 6.04 Å². The molecule has 0 spiro atoms. The first-order valence-corrected chi connectivity index (χ1v) is 10.1. The molecule has 0 unspecified atom stereocenters. The molecule has 1 aromatic heterocycles. The highest BCUT2D eigenvalue weighted by atomic mass is 16.6. The molecule has 1 aliphatic heterocycles. The van der Waals surface area contributed by atoms with Gasteiger partial charge in [0.25, 0.3) is 0 Å². The van der Waals surface area contributed by atoms with E-state index in [2.05, 4.69) is 20.8 Å². The van der Waals surface area contributed by atoms with Crippen LogP contribution in [0.25, 0.3) is 0 Å². The number of hydrogen-bond donors (Lipinski definition) is 2. The van der Waals surface area contributed by atoms with Crippen molar-refractivity contribution in [3.8, 4) is 0 Å². The highest BCUT2D eigenvalue weighted by molar-refractivity contribution is 5.81. The number of carbonyl (C=O) groups excluding carboxylic acids is 1. The van der Waals surface area contributed by atoms with Gasteiger partial charge in [-0.1, -0.05) is 12.8 Å². The summed E-state index contributed by atoms with van der Waals surface area (Å²) in [5, 5.41) is 15.3. The third-order valence-electron chi connectivity index (χ3n) is 5.13. The average molecular weight is 392 g/mol. The Kier molecular flexibility index (Phi) is 6.10. The second kappa shape index (κ2) is 8.36. The van der Waals surface area contributed by atoms with Crippen molar-refractivity contribution in [3.05, 3.63) is 11.6 Å². The molecule has 3 rings (SSSR count). The molecular weight excluding hydrogens is 358 g/mol. The van der Waals surface area contributed by atoms with E-state index in [0.29, 0.717) is 25.7 Å². The number of aromatic nitrogens is 3. The molecule has 156 valence electrons. The summed E-state index contributed by atoms with van der Waals surface area (Å²) >= 11 is 0. The molecule has 0 atom stereocenters. The van der Waals surface area contributed by atoms with Crippen LogP contribution >= 0.6 is 0 Å². The maximum absolute atomic E-state index is 12.1. The van der Waals surface area contributed by atoms with Crippen LogP contribution in [0.2, 0.25) is 0 Å². The van der Waals surface area contributed by atoms with Crippen LogP contribution in [0, 0.1) is 6.92 Å². The Morgan fingerprint density at radius 3 is 2.39 bits per heavy atom. The topological polar surface area (TPSA) is 96.7 Å². The lowest BCUT2D eigenvalue weighted by Gasteiger charge is -2.40. The fraction of sp³-hybridized carbons (Fsp3) is 0.789. The van der Waals surface area contributed by atoms with Gasteiger partial charge in [-0.05, 0) is 40.5 Å². The van der Waals surface area contributed by atoms with E-state index in [1.165, 1.54) is 25.7 Å². The molecule has 1 aliphatic carbocycles. The van der Waals surface area contributed by atoms with E-state index in [1.54, 1.807) is 4.90 Å². The zero-order valence-corrected chi connectivity index (χ0v) is 17.7. The van der Waals surface area contributed by atoms with Gasteiger partial charge in [0.15, 0.2) is 11.8 Å². The number of aliphatic imine (C=N–C) groups is 1. The molecule has 1 aromatic rings. The number of amides is 1. The molecular formula is C19H33N7O2. The van der Waals surface area contributed by atoms with E-state index in [-0.39, 0.29) is 12.1 Å². The van der Waals surface area contributed by atoms with Crippen LogP contribution in [0.3, 0.4) is 0 Å². The SMILES string of the molecule is Cc1nnc(CN=C(NC2CCCC2)NC2CN(C(=O)OC(C)(C)C)C2)n1C. The van der Waals surface area contributed by atoms with Crippen molar-refractivity contribution in [2.45, 2.75) is 77.6 Å². The monoisotopic (exact) mass is 391 g/mol. The number of rotatable bonds is 4. The average Bonchev–Trinajstić information content (AvgIpc) is 3.17. The van der Waals surface area contributed by atoms with Gasteiger partial charge in [-0.2, -0.15) is 0 Å². The molecule has 2 N–H and O–H groups in total. The van der Waals surface area contributed by atoms with E-state index >= 15 is 0 Å². The highest BCUT2D eigenvalue weighted by Gasteiger charge is 2.34. The van der Waals surface area contributed by atoms with Crippen LogP contribution in [-0.4, -0.2) is 62.5 Å². The van der Waals surface area contributed by atoms with Crippen LogP contribution in [0.15, 0.2) is 4.99 Å². The lowest BCUT2D eigenvalue weighted by molar-refractivity contribution is 0.00698. The summed E-state index contributed by atoms with van der Waals surface area (Å²) in [6, 6.07) is 0.621. The summed E-state index contributed by atoms with van der Waals surface area (Å²) < 4.78 is 7.37. The molecule has 2 aliphatic rings. The van der Waals surface area contributed by atoms with Gasteiger partial charge in [-0.25, -0.2) is 9.79 Å². The van der Waals surface area contributed by atoms with E-state index in [1.807, 2.05) is 39.3 Å². The van der Waals surface area contributed by atoms with Gasteiger partial charge in [0.1, 0.15) is 18.0 Å². The maximum Gasteiger partial charge on any atom is 0.410 e. The molecule has 1 saturated heterocycles. The largest absolute Gasteiger partial charge is 0.444 e. The van der Waals surface area contributed by atoms with Crippen LogP contribution in [0.4, 0.5) is 4.79 Å². The maximum atomic E-state index is 12.1. The Balaban J connectivity index is 1.56. The summed E-state index contributed by atoms with van der Waals surface area (Å²) in [5.74, 6) is 2.48. The van der Waals surface area contributed by atoms with Gasteiger partial charge in [0.2, 0.25) is 0 Å². The number of aryl methyl sites for hydroxylation is 1. The fourth-order valence-electron chi connectivity index (χ4n) is 3.37. The minimum absolute atomic E-state index is 0.168. The molecule has 9 nitrogen and oxygen atoms in total. The summed E-state index contributed by atoms with van der Waals surface area (Å²) in [6.07, 6.45) is 4.58. The molecule has 2 heterocycles. The van der Waals surface area contributed by atoms with E-state index in [9.17, 15) is 4.79 Å². The highest BCUT2D eigenvalue weighted by Crippen LogP contribution is 2.18. The zero-order chi connectivity index (χ0) is 20.3. The molecule has 1 amide bonds. The Morgan fingerprint density at radius 1 is 1.18 bits per heavy atom. The van der Waals surface area contributed by atoms with Gasteiger partial charge in [0, 0.05) is 26.2 Å². The van der Waals surface area contributed by atoms with Gasteiger partial charge in [-0.15, -0.1) is 10.2 Å². The van der Waals surface area contributed by atoms with Crippen molar-refractivity contribution < 1.29 is 9.53 Å². The standard InChI is InChI=1S/C19H33N7O2/c1-13-23-24-16(25(13)5)10-20-17(21-14-8-6-7-9-14)22-15-11-26(12-15)18(27)28-19(2,3)4/h14-15H,6-12H2,1-5H3,(H2,20,21,22). The second-order valence-corrected chi connectivity index (χ2v) is 8.74. The Morgan fingerprint density at radius 2 is 1.82 bits per heavy atom. The van der Waals surface area contributed by atoms with Crippen molar-refractivity contribution in [3.63, 3.8) is 0 Å². The number of carbonyl (C=O) groups is 1. The fourth-order valence-corrected chi connectivity index (χ4v) is 3.37. The van der Waals surface area contributed by atoms with E-state index < -0.39 is 5.60 Å². The number of guanidine groups is 1. The number of ether oxygens (including phenoxy) is 1. The van der Waals surface area contributed by atoms with Crippen molar-refractivity contribution in [2.75, 3.05) is 13.1 Å². The van der Waals surface area contributed by atoms with Crippen LogP contribution in [0.5, 0.6) is 0 Å². The number of hydrogen-bond acceptors (Lipinski definition) is 5. The number of likely N-dealkylation sites (tertiary alicyclic amines) is 1. The summed E-state index contributed by atoms with van der Waals surface area (Å²) in [6.45, 7) is 9.25. The Hall–Kier alpha value is -2.32. The predicted molar refractivity (Wildman–Crippen MR) is 107 cm³/mol. The quantitative estimate of drug-likeness (QED) is 0.599. The first kappa shape index (κ1) is 20.4. The van der Waals surface area contributed by atoms with Gasteiger partial charge in [-0.3, -0.25) is 0 Å².